The smallest absolute Gasteiger partial charge is 0.268 e. The Balaban J connectivity index is 2.02. The molecule has 1 atom stereocenters. The quantitative estimate of drug-likeness (QED) is 0.541. The summed E-state index contributed by atoms with van der Waals surface area (Å²) in [5.41, 5.74) is 4.33. The van der Waals surface area contributed by atoms with E-state index in [0.29, 0.717) is 22.6 Å². The monoisotopic (exact) mass is 360 g/mol. The first kappa shape index (κ1) is 15.6. The zero-order valence-corrected chi connectivity index (χ0v) is 14.7. The molecule has 1 aliphatic rings. The van der Waals surface area contributed by atoms with Gasteiger partial charge in [0, 0.05) is 9.90 Å². The summed E-state index contributed by atoms with van der Waals surface area (Å²) in [5.74, 6) is 6.55. The van der Waals surface area contributed by atoms with E-state index in [-0.39, 0.29) is 5.56 Å². The maximum Gasteiger partial charge on any atom is 0.268 e. The fourth-order valence-electron chi connectivity index (χ4n) is 3.32. The molecule has 2 heterocycles. The van der Waals surface area contributed by atoms with E-state index in [2.05, 4.69) is 17.3 Å². The number of nitrogens with one attached hydrogen (secondary N) is 1. The van der Waals surface area contributed by atoms with E-state index in [0.717, 1.165) is 35.0 Å². The number of thiophene rings is 1. The van der Waals surface area contributed by atoms with Crippen LogP contribution < -0.4 is 16.8 Å². The van der Waals surface area contributed by atoms with Crippen molar-refractivity contribution in [1.29, 1.82) is 0 Å². The van der Waals surface area contributed by atoms with Gasteiger partial charge in [0.2, 0.25) is 5.95 Å². The largest absolute Gasteiger partial charge is 0.293 e. The third-order valence-electron chi connectivity index (χ3n) is 4.54. The van der Waals surface area contributed by atoms with E-state index in [1.807, 2.05) is 0 Å². The van der Waals surface area contributed by atoms with Crippen LogP contribution in [-0.2, 0) is 12.8 Å². The summed E-state index contributed by atoms with van der Waals surface area (Å²) in [6.45, 7) is 2.23. The van der Waals surface area contributed by atoms with Gasteiger partial charge in [0.15, 0.2) is 0 Å². The first-order chi connectivity index (χ1) is 11.6. The topological polar surface area (TPSA) is 72.9 Å². The number of anilines is 1. The van der Waals surface area contributed by atoms with Gasteiger partial charge < -0.3 is 0 Å². The Hall–Kier alpha value is -1.89. The van der Waals surface area contributed by atoms with Gasteiger partial charge in [-0.15, -0.1) is 11.3 Å². The highest BCUT2D eigenvalue weighted by atomic mass is 35.5. The standard InChI is InChI=1S/C17H17ClN4OS/c1-9-2-7-13-12(8-9)14-15(24-13)20-17(21-19)22(16(14)23)11-5-3-10(18)4-6-11/h3-6,9H,2,7-8,19H2,1H3,(H,20,21). The number of benzene rings is 1. The summed E-state index contributed by atoms with van der Waals surface area (Å²) in [6.07, 6.45) is 3.11. The molecule has 0 fully saturated rings. The zero-order valence-electron chi connectivity index (χ0n) is 13.2. The van der Waals surface area contributed by atoms with Gasteiger partial charge in [-0.05, 0) is 55.0 Å². The molecule has 0 aliphatic heterocycles. The number of hydrazine groups is 1. The normalized spacial score (nSPS) is 17.0. The van der Waals surface area contributed by atoms with Crippen LogP contribution in [0.5, 0.6) is 0 Å². The van der Waals surface area contributed by atoms with E-state index in [1.165, 1.54) is 9.44 Å². The molecule has 5 nitrogen and oxygen atoms in total. The van der Waals surface area contributed by atoms with E-state index >= 15 is 0 Å². The molecule has 1 aromatic carbocycles. The number of nitrogens with two attached hydrogens (primary N) is 1. The van der Waals surface area contributed by atoms with Crippen LogP contribution >= 0.6 is 22.9 Å². The molecule has 24 heavy (non-hydrogen) atoms. The molecular weight excluding hydrogens is 344 g/mol. The highest BCUT2D eigenvalue weighted by molar-refractivity contribution is 7.18. The summed E-state index contributed by atoms with van der Waals surface area (Å²) in [5, 5.41) is 1.35. The average Bonchev–Trinajstić information content (AvgIpc) is 2.93. The fraction of sp³-hybridized carbons (Fsp3) is 0.294. The Labute approximate surface area is 148 Å². The van der Waals surface area contributed by atoms with Gasteiger partial charge in [0.05, 0.1) is 11.1 Å². The highest BCUT2D eigenvalue weighted by Crippen LogP contribution is 2.36. The predicted octanol–water partition coefficient (Wildman–Crippen LogP) is 3.51. The maximum absolute atomic E-state index is 13.2. The third-order valence-corrected chi connectivity index (χ3v) is 5.98. The van der Waals surface area contributed by atoms with Crippen LogP contribution in [0.2, 0.25) is 5.02 Å². The lowest BCUT2D eigenvalue weighted by atomic mass is 9.89. The molecule has 2 aromatic heterocycles. The highest BCUT2D eigenvalue weighted by Gasteiger charge is 2.25. The number of halogens is 1. The third kappa shape index (κ3) is 2.42. The summed E-state index contributed by atoms with van der Waals surface area (Å²) in [6, 6.07) is 7.08. The van der Waals surface area contributed by atoms with E-state index in [4.69, 9.17) is 17.4 Å². The van der Waals surface area contributed by atoms with Crippen molar-refractivity contribution in [2.24, 2.45) is 11.8 Å². The Morgan fingerprint density at radius 3 is 2.83 bits per heavy atom. The van der Waals surface area contributed by atoms with Gasteiger partial charge in [-0.25, -0.2) is 15.4 Å². The van der Waals surface area contributed by atoms with Crippen LogP contribution in [0, 0.1) is 5.92 Å². The number of aromatic nitrogens is 2. The van der Waals surface area contributed by atoms with Crippen LogP contribution in [0.3, 0.4) is 0 Å². The molecule has 0 spiro atoms. The lowest BCUT2D eigenvalue weighted by molar-refractivity contribution is 0.508. The zero-order chi connectivity index (χ0) is 16.8. The number of hydrogen-bond acceptors (Lipinski definition) is 5. The Kier molecular flexibility index (Phi) is 3.83. The number of aryl methyl sites for hydroxylation is 1. The molecular formula is C17H17ClN4OS. The first-order valence-corrected chi connectivity index (χ1v) is 9.07. The van der Waals surface area contributed by atoms with Gasteiger partial charge >= 0.3 is 0 Å². The van der Waals surface area contributed by atoms with Crippen LogP contribution in [0.25, 0.3) is 15.9 Å². The van der Waals surface area contributed by atoms with Crippen LogP contribution in [0.1, 0.15) is 23.8 Å². The number of fused-ring (bicyclic) bond motifs is 3. The van der Waals surface area contributed by atoms with E-state index in [9.17, 15) is 4.79 Å². The molecule has 3 aromatic rings. The van der Waals surface area contributed by atoms with E-state index in [1.54, 1.807) is 35.6 Å². The number of nitrogens with zero attached hydrogens (tertiary/aromatic N) is 2. The van der Waals surface area contributed by atoms with Gasteiger partial charge in [0.1, 0.15) is 4.83 Å². The van der Waals surface area contributed by atoms with Crippen molar-refractivity contribution < 1.29 is 0 Å². The Morgan fingerprint density at radius 1 is 1.38 bits per heavy atom. The fourth-order valence-corrected chi connectivity index (χ4v) is 4.66. The van der Waals surface area contributed by atoms with Gasteiger partial charge in [-0.1, -0.05) is 18.5 Å². The summed E-state index contributed by atoms with van der Waals surface area (Å²) in [7, 11) is 0. The van der Waals surface area contributed by atoms with Gasteiger partial charge in [-0.3, -0.25) is 10.2 Å². The molecule has 4 rings (SSSR count). The van der Waals surface area contributed by atoms with Crippen molar-refractivity contribution in [2.75, 3.05) is 5.43 Å². The molecule has 124 valence electrons. The number of rotatable bonds is 2. The minimum absolute atomic E-state index is 0.0816. The molecule has 0 amide bonds. The summed E-state index contributed by atoms with van der Waals surface area (Å²) >= 11 is 7.57. The van der Waals surface area contributed by atoms with Crippen molar-refractivity contribution in [3.05, 3.63) is 50.1 Å². The second kappa shape index (κ2) is 5.88. The molecule has 0 bridgehead atoms. The summed E-state index contributed by atoms with van der Waals surface area (Å²) in [4.78, 5) is 19.9. The minimum atomic E-state index is -0.0816. The molecule has 0 radical (unpaired) electrons. The van der Waals surface area contributed by atoms with Crippen LogP contribution in [0.15, 0.2) is 29.1 Å². The molecule has 1 aliphatic carbocycles. The molecule has 3 N–H and O–H groups in total. The first-order valence-electron chi connectivity index (χ1n) is 7.88. The minimum Gasteiger partial charge on any atom is -0.293 e. The molecule has 7 heteroatoms. The van der Waals surface area contributed by atoms with Crippen molar-refractivity contribution in [3.8, 4) is 5.69 Å². The van der Waals surface area contributed by atoms with Crippen LogP contribution in [0.4, 0.5) is 5.95 Å². The predicted molar refractivity (Wildman–Crippen MR) is 99.2 cm³/mol. The molecule has 0 saturated carbocycles. The van der Waals surface area contributed by atoms with Crippen molar-refractivity contribution in [1.82, 2.24) is 9.55 Å². The second-order valence-corrected chi connectivity index (χ2v) is 7.75. The van der Waals surface area contributed by atoms with Crippen LogP contribution in [-0.4, -0.2) is 9.55 Å². The lowest BCUT2D eigenvalue weighted by Crippen LogP contribution is -2.26. The maximum atomic E-state index is 13.2. The van der Waals surface area contributed by atoms with Crippen molar-refractivity contribution >= 4 is 39.1 Å². The average molecular weight is 361 g/mol. The molecule has 0 saturated heterocycles. The summed E-state index contributed by atoms with van der Waals surface area (Å²) < 4.78 is 1.52. The Morgan fingerprint density at radius 2 is 2.12 bits per heavy atom. The van der Waals surface area contributed by atoms with Gasteiger partial charge in [-0.2, -0.15) is 0 Å². The number of hydrogen-bond donors (Lipinski definition) is 2. The Bertz CT molecular complexity index is 977. The van der Waals surface area contributed by atoms with Crippen molar-refractivity contribution in [3.63, 3.8) is 0 Å². The number of nitrogen functional groups attached to an aromatic ring is 1. The van der Waals surface area contributed by atoms with Crippen molar-refractivity contribution in [2.45, 2.75) is 26.2 Å². The van der Waals surface area contributed by atoms with Gasteiger partial charge in [0.25, 0.3) is 5.56 Å². The van der Waals surface area contributed by atoms with E-state index < -0.39 is 0 Å². The lowest BCUT2D eigenvalue weighted by Gasteiger charge is -2.18. The SMILES string of the molecule is CC1CCc2sc3nc(NN)n(-c4ccc(Cl)cc4)c(=O)c3c2C1. The second-order valence-electron chi connectivity index (χ2n) is 6.23. The molecule has 1 unspecified atom stereocenters.